The summed E-state index contributed by atoms with van der Waals surface area (Å²) in [6.07, 6.45) is 1.69. The Morgan fingerprint density at radius 2 is 1.47 bits per heavy atom. The lowest BCUT2D eigenvalue weighted by molar-refractivity contribution is -0.115. The fourth-order valence-corrected chi connectivity index (χ4v) is 5.68. The molecule has 214 valence electrons. The van der Waals surface area contributed by atoms with Crippen LogP contribution in [0.15, 0.2) is 136 Å². The van der Waals surface area contributed by atoms with Crippen molar-refractivity contribution < 1.29 is 14.4 Å². The Kier molecular flexibility index (Phi) is 9.71. The van der Waals surface area contributed by atoms with Crippen molar-refractivity contribution in [1.29, 1.82) is 0 Å². The van der Waals surface area contributed by atoms with E-state index in [1.54, 1.807) is 42.5 Å². The van der Waals surface area contributed by atoms with E-state index in [0.717, 1.165) is 25.7 Å². The van der Waals surface area contributed by atoms with Gasteiger partial charge in [-0.2, -0.15) is 0 Å². The lowest BCUT2D eigenvalue weighted by atomic mass is 10.0. The Hall–Kier alpha value is -4.66. The number of amides is 3. The lowest BCUT2D eigenvalue weighted by Crippen LogP contribution is -2.30. The Labute approximate surface area is 262 Å². The van der Waals surface area contributed by atoms with Gasteiger partial charge >= 0.3 is 0 Å². The number of carbonyl (C=O) groups excluding carboxylic acids is 3. The van der Waals surface area contributed by atoms with Crippen molar-refractivity contribution in [3.05, 3.63) is 143 Å². The van der Waals surface area contributed by atoms with Crippen LogP contribution < -0.4 is 16.0 Å². The molecule has 5 rings (SSSR count). The van der Waals surface area contributed by atoms with Gasteiger partial charge in [0.25, 0.3) is 11.8 Å². The molecule has 0 aliphatic heterocycles. The van der Waals surface area contributed by atoms with E-state index >= 15 is 0 Å². The molecule has 1 atom stereocenters. The van der Waals surface area contributed by atoms with E-state index in [1.807, 2.05) is 91.9 Å². The molecule has 0 aromatic heterocycles. The van der Waals surface area contributed by atoms with Crippen molar-refractivity contribution in [2.75, 3.05) is 10.6 Å². The third-order valence-electron chi connectivity index (χ3n) is 6.56. The monoisotopic (exact) mass is 649 g/mol. The van der Waals surface area contributed by atoms with Gasteiger partial charge in [-0.1, -0.05) is 78.9 Å². The van der Waals surface area contributed by atoms with Crippen LogP contribution in [0.4, 0.5) is 11.4 Å². The number of nitrogens with one attached hydrogen (secondary N) is 3. The zero-order chi connectivity index (χ0) is 30.2. The number of hydrogen-bond acceptors (Lipinski definition) is 4. The van der Waals surface area contributed by atoms with Crippen LogP contribution in [-0.2, 0) is 9.59 Å². The van der Waals surface area contributed by atoms with E-state index in [2.05, 4.69) is 31.9 Å². The first-order valence-corrected chi connectivity index (χ1v) is 15.2. The molecule has 0 aliphatic carbocycles. The SMILES string of the molecule is CC(Sc1cccc(NC(=O)/C(=C\c2cccc3ccccc23)NC(=O)c2ccccc2)c1)C(=O)Nc1ccccc1Br. The number of anilines is 2. The highest BCUT2D eigenvalue weighted by Gasteiger charge is 2.18. The average molecular weight is 651 g/mol. The maximum absolute atomic E-state index is 13.6. The maximum atomic E-state index is 13.6. The molecule has 0 heterocycles. The molecule has 0 aliphatic rings. The van der Waals surface area contributed by atoms with Gasteiger partial charge in [-0.25, -0.2) is 0 Å². The smallest absolute Gasteiger partial charge is 0.272 e. The van der Waals surface area contributed by atoms with E-state index in [4.69, 9.17) is 0 Å². The molecule has 3 amide bonds. The van der Waals surface area contributed by atoms with Crippen LogP contribution in [0.2, 0.25) is 0 Å². The van der Waals surface area contributed by atoms with Gasteiger partial charge in [-0.15, -0.1) is 11.8 Å². The van der Waals surface area contributed by atoms with Crippen molar-refractivity contribution in [1.82, 2.24) is 5.32 Å². The summed E-state index contributed by atoms with van der Waals surface area (Å²) in [5.41, 5.74) is 2.57. The standard InChI is InChI=1S/C35H28BrN3O3S/c1-23(33(40)38-31-20-8-7-19-30(31)36)43-28-17-10-16-27(22-28)37-35(42)32(39-34(41)25-12-3-2-4-13-25)21-26-15-9-14-24-11-5-6-18-29(24)26/h2-23H,1H3,(H,37,42)(H,38,40)(H,39,41)/b32-21+. The summed E-state index contributed by atoms with van der Waals surface area (Å²) in [4.78, 5) is 40.4. The molecular weight excluding hydrogens is 622 g/mol. The molecule has 1 unspecified atom stereocenters. The zero-order valence-corrected chi connectivity index (χ0v) is 25.6. The first-order valence-electron chi connectivity index (χ1n) is 13.6. The molecule has 8 heteroatoms. The number of fused-ring (bicyclic) bond motifs is 1. The zero-order valence-electron chi connectivity index (χ0n) is 23.2. The molecular formula is C35H28BrN3O3S. The number of halogens is 1. The summed E-state index contributed by atoms with van der Waals surface area (Å²) in [7, 11) is 0. The first-order chi connectivity index (χ1) is 20.9. The van der Waals surface area contributed by atoms with E-state index in [0.29, 0.717) is 16.9 Å². The highest BCUT2D eigenvalue weighted by molar-refractivity contribution is 9.10. The molecule has 0 fully saturated rings. The second kappa shape index (κ2) is 14.0. The molecule has 5 aromatic rings. The minimum atomic E-state index is -0.473. The topological polar surface area (TPSA) is 87.3 Å². The Morgan fingerprint density at radius 1 is 0.767 bits per heavy atom. The maximum Gasteiger partial charge on any atom is 0.272 e. The van der Waals surface area contributed by atoms with Crippen LogP contribution >= 0.6 is 27.7 Å². The summed E-state index contributed by atoms with van der Waals surface area (Å²) in [5, 5.41) is 10.2. The fourth-order valence-electron chi connectivity index (χ4n) is 4.37. The van der Waals surface area contributed by atoms with Crippen LogP contribution in [0.25, 0.3) is 16.8 Å². The molecule has 5 aromatic carbocycles. The highest BCUT2D eigenvalue weighted by Crippen LogP contribution is 2.28. The van der Waals surface area contributed by atoms with Gasteiger partial charge in [-0.3, -0.25) is 14.4 Å². The van der Waals surface area contributed by atoms with Gasteiger partial charge in [0.15, 0.2) is 0 Å². The first kappa shape index (κ1) is 29.8. The number of rotatable bonds is 9. The lowest BCUT2D eigenvalue weighted by Gasteiger charge is -2.15. The van der Waals surface area contributed by atoms with Crippen LogP contribution in [0.3, 0.4) is 0 Å². The predicted molar refractivity (Wildman–Crippen MR) is 179 cm³/mol. The highest BCUT2D eigenvalue weighted by atomic mass is 79.9. The predicted octanol–water partition coefficient (Wildman–Crippen LogP) is 8.13. The van der Waals surface area contributed by atoms with Crippen molar-refractivity contribution in [2.45, 2.75) is 17.1 Å². The summed E-state index contributed by atoms with van der Waals surface area (Å²) in [5.74, 6) is -1.01. The number of para-hydroxylation sites is 1. The van der Waals surface area contributed by atoms with E-state index < -0.39 is 17.1 Å². The number of carbonyl (C=O) groups is 3. The van der Waals surface area contributed by atoms with Crippen molar-refractivity contribution in [3.63, 3.8) is 0 Å². The fraction of sp³-hybridized carbons (Fsp3) is 0.0571. The third-order valence-corrected chi connectivity index (χ3v) is 8.34. The quantitative estimate of drug-likeness (QED) is 0.111. The van der Waals surface area contributed by atoms with Crippen LogP contribution in [0.5, 0.6) is 0 Å². The molecule has 0 spiro atoms. The Morgan fingerprint density at radius 3 is 2.28 bits per heavy atom. The van der Waals surface area contributed by atoms with Gasteiger partial charge < -0.3 is 16.0 Å². The Bertz CT molecular complexity index is 1820. The van der Waals surface area contributed by atoms with E-state index in [-0.39, 0.29) is 11.6 Å². The van der Waals surface area contributed by atoms with Crippen molar-refractivity contribution >= 4 is 73.6 Å². The largest absolute Gasteiger partial charge is 0.324 e. The number of thioether (sulfide) groups is 1. The minimum Gasteiger partial charge on any atom is -0.324 e. The number of benzene rings is 5. The van der Waals surface area contributed by atoms with Crippen molar-refractivity contribution in [2.24, 2.45) is 0 Å². The number of hydrogen-bond donors (Lipinski definition) is 3. The van der Waals surface area contributed by atoms with Crippen LogP contribution in [-0.4, -0.2) is 23.0 Å². The summed E-state index contributed by atoms with van der Waals surface area (Å²) >= 11 is 4.83. The second-order valence-corrected chi connectivity index (χ2v) is 11.9. The normalized spacial score (nSPS) is 11.9. The van der Waals surface area contributed by atoms with Crippen LogP contribution in [0.1, 0.15) is 22.8 Å². The average Bonchev–Trinajstić information content (AvgIpc) is 3.02. The van der Waals surface area contributed by atoms with Crippen molar-refractivity contribution in [3.8, 4) is 0 Å². The van der Waals surface area contributed by atoms with Gasteiger partial charge in [0, 0.05) is 20.6 Å². The molecule has 0 radical (unpaired) electrons. The van der Waals surface area contributed by atoms with Gasteiger partial charge in [0.05, 0.1) is 10.9 Å². The molecule has 0 bridgehead atoms. The molecule has 3 N–H and O–H groups in total. The van der Waals surface area contributed by atoms with E-state index in [1.165, 1.54) is 11.8 Å². The molecule has 0 saturated carbocycles. The van der Waals surface area contributed by atoms with Gasteiger partial charge in [0.1, 0.15) is 5.70 Å². The second-order valence-electron chi connectivity index (χ2n) is 9.66. The third kappa shape index (κ3) is 7.80. The summed E-state index contributed by atoms with van der Waals surface area (Å²) in [6.45, 7) is 1.83. The van der Waals surface area contributed by atoms with Crippen LogP contribution in [0, 0.1) is 0 Å². The summed E-state index contributed by atoms with van der Waals surface area (Å²) < 4.78 is 0.803. The molecule has 6 nitrogen and oxygen atoms in total. The Balaban J connectivity index is 1.36. The summed E-state index contributed by atoms with van der Waals surface area (Å²) in [6, 6.07) is 37.1. The van der Waals surface area contributed by atoms with Gasteiger partial charge in [0.2, 0.25) is 5.91 Å². The molecule has 43 heavy (non-hydrogen) atoms. The molecule has 0 saturated heterocycles. The van der Waals surface area contributed by atoms with Gasteiger partial charge in [-0.05, 0) is 87.7 Å². The van der Waals surface area contributed by atoms with E-state index in [9.17, 15) is 14.4 Å². The minimum absolute atomic E-state index is 0.101.